The van der Waals surface area contributed by atoms with Gasteiger partial charge in [-0.3, -0.25) is 4.79 Å². The Morgan fingerprint density at radius 2 is 2.17 bits per heavy atom. The van der Waals surface area contributed by atoms with Gasteiger partial charge in [-0.05, 0) is 18.9 Å². The molecule has 7 heteroatoms. The number of ether oxygens (including phenoxy) is 2. The lowest BCUT2D eigenvalue weighted by atomic mass is 10.0. The van der Waals surface area contributed by atoms with Crippen LogP contribution in [0.25, 0.3) is 0 Å². The second-order valence-corrected chi connectivity index (χ2v) is 6.01. The average molecular weight is 332 g/mol. The first-order valence-corrected chi connectivity index (χ1v) is 8.39. The number of carbonyl (C=O) groups is 1. The number of aliphatic imine (C=N–C) groups is 1. The molecule has 0 aromatic heterocycles. The van der Waals surface area contributed by atoms with Crippen LogP contribution in [-0.2, 0) is 9.53 Å². The highest BCUT2D eigenvalue weighted by molar-refractivity contribution is 5.84. The smallest absolute Gasteiger partial charge is 0.242 e. The summed E-state index contributed by atoms with van der Waals surface area (Å²) in [6.45, 7) is 2.03. The molecule has 24 heavy (non-hydrogen) atoms. The largest absolute Gasteiger partial charge is 0.493 e. The minimum absolute atomic E-state index is 0.00385. The van der Waals surface area contributed by atoms with Crippen molar-refractivity contribution in [1.82, 2.24) is 10.6 Å². The van der Waals surface area contributed by atoms with Crippen molar-refractivity contribution in [1.29, 1.82) is 0 Å². The van der Waals surface area contributed by atoms with Crippen LogP contribution in [0.2, 0.25) is 0 Å². The summed E-state index contributed by atoms with van der Waals surface area (Å²) in [5, 5.41) is 6.00. The molecule has 1 amide bonds. The van der Waals surface area contributed by atoms with Crippen LogP contribution in [0.4, 0.5) is 0 Å². The van der Waals surface area contributed by atoms with Crippen molar-refractivity contribution in [2.75, 3.05) is 26.3 Å². The highest BCUT2D eigenvalue weighted by Gasteiger charge is 2.22. The van der Waals surface area contributed by atoms with Crippen molar-refractivity contribution in [2.24, 2.45) is 10.7 Å². The first kappa shape index (κ1) is 16.6. The van der Waals surface area contributed by atoms with Crippen LogP contribution in [0.1, 0.15) is 30.9 Å². The number of guanidine groups is 1. The molecule has 4 N–H and O–H groups in total. The normalized spacial score (nSPS) is 23.2. The van der Waals surface area contributed by atoms with E-state index in [-0.39, 0.29) is 30.6 Å². The molecular weight excluding hydrogens is 308 g/mol. The third-order valence-electron chi connectivity index (χ3n) is 4.22. The van der Waals surface area contributed by atoms with Crippen LogP contribution in [-0.4, -0.2) is 44.3 Å². The van der Waals surface area contributed by atoms with Crippen molar-refractivity contribution in [2.45, 2.75) is 31.4 Å². The number of benzene rings is 1. The van der Waals surface area contributed by atoms with Crippen LogP contribution in [0, 0.1) is 0 Å². The SMILES string of the molecule is NC(=NCC(=O)NC1CCOc2ccccc21)NCC1CCCO1. The van der Waals surface area contributed by atoms with Gasteiger partial charge in [-0.1, -0.05) is 18.2 Å². The molecule has 130 valence electrons. The third kappa shape index (κ3) is 4.38. The Kier molecular flexibility index (Phi) is 5.53. The van der Waals surface area contributed by atoms with Gasteiger partial charge in [-0.25, -0.2) is 4.99 Å². The Bertz CT molecular complexity index is 599. The number of nitrogens with one attached hydrogen (secondary N) is 2. The minimum Gasteiger partial charge on any atom is -0.493 e. The number of carbonyl (C=O) groups excluding carboxylic acids is 1. The molecular formula is C17H24N4O3. The average Bonchev–Trinajstić information content (AvgIpc) is 3.12. The summed E-state index contributed by atoms with van der Waals surface area (Å²) in [5.74, 6) is 0.946. The number of hydrogen-bond donors (Lipinski definition) is 3. The van der Waals surface area contributed by atoms with Gasteiger partial charge in [0.25, 0.3) is 0 Å². The van der Waals surface area contributed by atoms with Gasteiger partial charge in [-0.2, -0.15) is 0 Å². The standard InChI is InChI=1S/C17H24N4O3/c18-17(19-10-12-4-3-8-23-12)20-11-16(22)21-14-7-9-24-15-6-2-1-5-13(14)15/h1-2,5-6,12,14H,3-4,7-11H2,(H,21,22)(H3,18,19,20). The quantitative estimate of drug-likeness (QED) is 0.545. The van der Waals surface area contributed by atoms with Crippen LogP contribution in [0.15, 0.2) is 29.3 Å². The zero-order valence-corrected chi connectivity index (χ0v) is 13.7. The lowest BCUT2D eigenvalue weighted by molar-refractivity contribution is -0.120. The van der Waals surface area contributed by atoms with E-state index in [9.17, 15) is 4.79 Å². The van der Waals surface area contributed by atoms with E-state index in [2.05, 4.69) is 15.6 Å². The Balaban J connectivity index is 1.46. The van der Waals surface area contributed by atoms with Crippen molar-refractivity contribution < 1.29 is 14.3 Å². The third-order valence-corrected chi connectivity index (χ3v) is 4.22. The fraction of sp³-hybridized carbons (Fsp3) is 0.529. The Labute approximate surface area is 141 Å². The maximum absolute atomic E-state index is 12.1. The van der Waals surface area contributed by atoms with Gasteiger partial charge in [0.2, 0.25) is 5.91 Å². The highest BCUT2D eigenvalue weighted by Crippen LogP contribution is 2.31. The number of amides is 1. The molecule has 2 aliphatic rings. The predicted octanol–water partition coefficient (Wildman–Crippen LogP) is 0.710. The molecule has 7 nitrogen and oxygen atoms in total. The van der Waals surface area contributed by atoms with Gasteiger partial charge in [0.15, 0.2) is 5.96 Å². The van der Waals surface area contributed by atoms with Crippen LogP contribution in [0.3, 0.4) is 0 Å². The van der Waals surface area contributed by atoms with Gasteiger partial charge in [0.1, 0.15) is 12.3 Å². The molecule has 0 saturated carbocycles. The van der Waals surface area contributed by atoms with E-state index in [0.717, 1.165) is 37.2 Å². The van der Waals surface area contributed by atoms with Gasteiger partial charge >= 0.3 is 0 Å². The summed E-state index contributed by atoms with van der Waals surface area (Å²) in [5.41, 5.74) is 6.80. The van der Waals surface area contributed by atoms with Gasteiger partial charge < -0.3 is 25.8 Å². The summed E-state index contributed by atoms with van der Waals surface area (Å²) in [6, 6.07) is 7.71. The molecule has 2 aliphatic heterocycles. The maximum atomic E-state index is 12.1. The molecule has 0 radical (unpaired) electrons. The molecule has 1 aromatic carbocycles. The Hall–Kier alpha value is -2.28. The summed E-state index contributed by atoms with van der Waals surface area (Å²) >= 11 is 0. The van der Waals surface area contributed by atoms with Crippen LogP contribution >= 0.6 is 0 Å². The lowest BCUT2D eigenvalue weighted by Crippen LogP contribution is -2.39. The van der Waals surface area contributed by atoms with Crippen molar-refractivity contribution in [3.63, 3.8) is 0 Å². The van der Waals surface area contributed by atoms with E-state index in [1.165, 1.54) is 0 Å². The number of hydrogen-bond acceptors (Lipinski definition) is 4. The van der Waals surface area contributed by atoms with E-state index in [0.29, 0.717) is 13.2 Å². The topological polar surface area (TPSA) is 98.0 Å². The molecule has 2 unspecified atom stereocenters. The van der Waals surface area contributed by atoms with Crippen LogP contribution in [0.5, 0.6) is 5.75 Å². The Morgan fingerprint density at radius 3 is 3.00 bits per heavy atom. The lowest BCUT2D eigenvalue weighted by Gasteiger charge is -2.26. The second-order valence-electron chi connectivity index (χ2n) is 6.01. The zero-order chi connectivity index (χ0) is 16.8. The van der Waals surface area contributed by atoms with E-state index in [1.807, 2.05) is 24.3 Å². The summed E-state index contributed by atoms with van der Waals surface area (Å²) < 4.78 is 11.1. The number of para-hydroxylation sites is 1. The zero-order valence-electron chi connectivity index (χ0n) is 13.7. The molecule has 1 saturated heterocycles. The summed E-state index contributed by atoms with van der Waals surface area (Å²) in [6.07, 6.45) is 3.05. The molecule has 3 rings (SSSR count). The monoisotopic (exact) mass is 332 g/mol. The molecule has 0 spiro atoms. The first-order chi connectivity index (χ1) is 11.7. The molecule has 2 heterocycles. The van der Waals surface area contributed by atoms with E-state index < -0.39 is 0 Å². The number of nitrogens with zero attached hydrogens (tertiary/aromatic N) is 1. The van der Waals surface area contributed by atoms with Crippen molar-refractivity contribution >= 4 is 11.9 Å². The minimum atomic E-state index is -0.154. The molecule has 0 bridgehead atoms. The first-order valence-electron chi connectivity index (χ1n) is 8.39. The highest BCUT2D eigenvalue weighted by atomic mass is 16.5. The van der Waals surface area contributed by atoms with Gasteiger partial charge in [-0.15, -0.1) is 0 Å². The Morgan fingerprint density at radius 1 is 1.29 bits per heavy atom. The fourth-order valence-corrected chi connectivity index (χ4v) is 2.97. The van der Waals surface area contributed by atoms with Crippen molar-refractivity contribution in [3.8, 4) is 5.75 Å². The molecule has 0 aliphatic carbocycles. The number of nitrogens with two attached hydrogens (primary N) is 1. The van der Waals surface area contributed by atoms with E-state index >= 15 is 0 Å². The van der Waals surface area contributed by atoms with Gasteiger partial charge in [0, 0.05) is 25.1 Å². The summed E-state index contributed by atoms with van der Waals surface area (Å²) in [7, 11) is 0. The maximum Gasteiger partial charge on any atom is 0.242 e. The van der Waals surface area contributed by atoms with Gasteiger partial charge in [0.05, 0.1) is 18.8 Å². The number of rotatable bonds is 5. The van der Waals surface area contributed by atoms with Crippen molar-refractivity contribution in [3.05, 3.63) is 29.8 Å². The fourth-order valence-electron chi connectivity index (χ4n) is 2.97. The molecule has 1 fully saturated rings. The molecule has 2 atom stereocenters. The summed E-state index contributed by atoms with van der Waals surface area (Å²) in [4.78, 5) is 16.2. The van der Waals surface area contributed by atoms with E-state index in [1.54, 1.807) is 0 Å². The molecule has 1 aromatic rings. The number of fused-ring (bicyclic) bond motifs is 1. The van der Waals surface area contributed by atoms with E-state index in [4.69, 9.17) is 15.2 Å². The second kappa shape index (κ2) is 8.01. The van der Waals surface area contributed by atoms with Crippen LogP contribution < -0.4 is 21.1 Å². The predicted molar refractivity (Wildman–Crippen MR) is 90.9 cm³/mol.